The molecule has 7 heteroatoms. The topological polar surface area (TPSA) is 36.3 Å². The van der Waals surface area contributed by atoms with Crippen molar-refractivity contribution in [2.24, 2.45) is 7.05 Å². The van der Waals surface area contributed by atoms with Crippen molar-refractivity contribution < 1.29 is 13.9 Å². The van der Waals surface area contributed by atoms with Crippen molar-refractivity contribution in [3.05, 3.63) is 52.5 Å². The summed E-state index contributed by atoms with van der Waals surface area (Å²) in [6.45, 7) is 0. The van der Waals surface area contributed by atoms with Crippen molar-refractivity contribution in [2.75, 3.05) is 14.2 Å². The number of hydrogen-bond donors (Lipinski definition) is 0. The maximum atomic E-state index is 14.1. The number of halogens is 3. The Morgan fingerprint density at radius 1 is 1.00 bits per heavy atom. The molecule has 3 aromatic rings. The lowest BCUT2D eigenvalue weighted by Gasteiger charge is -2.11. The number of aryl methyl sites for hydroxylation is 1. The van der Waals surface area contributed by atoms with E-state index in [1.54, 1.807) is 30.6 Å². The number of rotatable bonds is 4. The van der Waals surface area contributed by atoms with Crippen molar-refractivity contribution in [1.82, 2.24) is 9.55 Å². The molecule has 0 unspecified atom stereocenters. The number of aromatic nitrogens is 2. The number of benzene rings is 2. The highest BCUT2D eigenvalue weighted by Crippen LogP contribution is 2.40. The second-order valence-electron chi connectivity index (χ2n) is 5.38. The van der Waals surface area contributed by atoms with Gasteiger partial charge in [-0.25, -0.2) is 9.37 Å². The fourth-order valence-electron chi connectivity index (χ4n) is 2.69. The molecule has 0 N–H and O–H groups in total. The van der Waals surface area contributed by atoms with Gasteiger partial charge in [-0.15, -0.1) is 0 Å². The zero-order chi connectivity index (χ0) is 18.1. The molecule has 0 spiro atoms. The highest BCUT2D eigenvalue weighted by atomic mass is 35.5. The van der Waals surface area contributed by atoms with Gasteiger partial charge in [0.2, 0.25) is 0 Å². The number of methoxy groups -OCH3 is 2. The summed E-state index contributed by atoms with van der Waals surface area (Å²) in [5.74, 6) is 0.130. The van der Waals surface area contributed by atoms with Gasteiger partial charge in [0.15, 0.2) is 17.3 Å². The van der Waals surface area contributed by atoms with Gasteiger partial charge in [-0.05, 0) is 30.3 Å². The van der Waals surface area contributed by atoms with Crippen LogP contribution in [0.5, 0.6) is 11.5 Å². The van der Waals surface area contributed by atoms with E-state index in [0.717, 1.165) is 11.3 Å². The molecule has 130 valence electrons. The van der Waals surface area contributed by atoms with E-state index in [2.05, 4.69) is 4.98 Å². The molecule has 0 atom stereocenters. The number of nitrogens with zero attached hydrogens (tertiary/aromatic N) is 2. The van der Waals surface area contributed by atoms with Crippen LogP contribution in [0.2, 0.25) is 10.0 Å². The molecular weight excluding hydrogens is 366 g/mol. The molecule has 0 amide bonds. The van der Waals surface area contributed by atoms with Gasteiger partial charge in [-0.1, -0.05) is 23.2 Å². The average molecular weight is 381 g/mol. The zero-order valence-corrected chi connectivity index (χ0v) is 15.3. The van der Waals surface area contributed by atoms with Crippen LogP contribution >= 0.6 is 23.2 Å². The molecule has 0 radical (unpaired) electrons. The molecule has 0 saturated heterocycles. The van der Waals surface area contributed by atoms with Gasteiger partial charge in [0.05, 0.1) is 42.0 Å². The van der Waals surface area contributed by atoms with Gasteiger partial charge in [0, 0.05) is 18.2 Å². The number of hydrogen-bond acceptors (Lipinski definition) is 3. The zero-order valence-electron chi connectivity index (χ0n) is 13.8. The third-order valence-electron chi connectivity index (χ3n) is 3.84. The van der Waals surface area contributed by atoms with Crippen LogP contribution in [-0.2, 0) is 7.05 Å². The van der Waals surface area contributed by atoms with E-state index in [9.17, 15) is 4.39 Å². The number of imidazole rings is 1. The molecule has 0 aliphatic heterocycles. The maximum absolute atomic E-state index is 14.1. The summed E-state index contributed by atoms with van der Waals surface area (Å²) < 4.78 is 26.1. The van der Waals surface area contributed by atoms with Crippen LogP contribution in [0.25, 0.3) is 22.5 Å². The van der Waals surface area contributed by atoms with Gasteiger partial charge in [-0.3, -0.25) is 0 Å². The highest BCUT2D eigenvalue weighted by Gasteiger charge is 2.18. The normalized spacial score (nSPS) is 10.8. The van der Waals surface area contributed by atoms with Gasteiger partial charge in [-0.2, -0.15) is 0 Å². The minimum atomic E-state index is -0.456. The molecule has 1 heterocycles. The minimum absolute atomic E-state index is 0.178. The molecule has 4 nitrogen and oxygen atoms in total. The van der Waals surface area contributed by atoms with Crippen molar-refractivity contribution in [1.29, 1.82) is 0 Å². The van der Waals surface area contributed by atoms with Crippen molar-refractivity contribution >= 4 is 23.2 Å². The SMILES string of the molecule is COc1ccc(-c2ncn(C)c2-c2cc(Cl)c(OC)c(Cl)c2)cc1F. The summed E-state index contributed by atoms with van der Waals surface area (Å²) in [6, 6.07) is 8.19. The van der Waals surface area contributed by atoms with Crippen LogP contribution in [0, 0.1) is 5.82 Å². The maximum Gasteiger partial charge on any atom is 0.165 e. The van der Waals surface area contributed by atoms with Crippen LogP contribution < -0.4 is 9.47 Å². The Kier molecular flexibility index (Phi) is 4.88. The summed E-state index contributed by atoms with van der Waals surface area (Å²) in [4.78, 5) is 4.40. The highest BCUT2D eigenvalue weighted by molar-refractivity contribution is 6.37. The van der Waals surface area contributed by atoms with E-state index < -0.39 is 5.82 Å². The monoisotopic (exact) mass is 380 g/mol. The van der Waals surface area contributed by atoms with Gasteiger partial charge >= 0.3 is 0 Å². The van der Waals surface area contributed by atoms with Crippen LogP contribution in [0.1, 0.15) is 0 Å². The van der Waals surface area contributed by atoms with E-state index >= 15 is 0 Å². The van der Waals surface area contributed by atoms with Crippen molar-refractivity contribution in [3.63, 3.8) is 0 Å². The Bertz CT molecular complexity index is 918. The molecule has 0 aliphatic rings. The van der Waals surface area contributed by atoms with Gasteiger partial charge in [0.1, 0.15) is 0 Å². The molecule has 0 aliphatic carbocycles. The second kappa shape index (κ2) is 6.94. The first kappa shape index (κ1) is 17.6. The Morgan fingerprint density at radius 2 is 1.68 bits per heavy atom. The smallest absolute Gasteiger partial charge is 0.165 e. The summed E-state index contributed by atoms with van der Waals surface area (Å²) in [6.07, 6.45) is 1.65. The Balaban J connectivity index is 2.17. The average Bonchev–Trinajstić information content (AvgIpc) is 2.96. The predicted molar refractivity (Wildman–Crippen MR) is 97.2 cm³/mol. The van der Waals surface area contributed by atoms with Crippen molar-refractivity contribution in [3.8, 4) is 34.0 Å². The molecule has 0 bridgehead atoms. The number of ether oxygens (including phenoxy) is 2. The van der Waals surface area contributed by atoms with E-state index in [-0.39, 0.29) is 5.75 Å². The lowest BCUT2D eigenvalue weighted by atomic mass is 10.0. The molecule has 0 saturated carbocycles. The second-order valence-corrected chi connectivity index (χ2v) is 6.19. The third-order valence-corrected chi connectivity index (χ3v) is 4.40. The first-order valence-corrected chi connectivity index (χ1v) is 8.10. The summed E-state index contributed by atoms with van der Waals surface area (Å²) >= 11 is 12.5. The Morgan fingerprint density at radius 3 is 2.24 bits per heavy atom. The fraction of sp³-hybridized carbons (Fsp3) is 0.167. The van der Waals surface area contributed by atoms with E-state index in [0.29, 0.717) is 27.1 Å². The standard InChI is InChI=1S/C18H15Cl2FN2O2/c1-23-9-22-16(10-4-5-15(24-2)14(21)8-10)17(23)11-6-12(19)18(25-3)13(20)7-11/h4-9H,1-3H3. The van der Waals surface area contributed by atoms with Crippen LogP contribution in [0.3, 0.4) is 0 Å². The molecule has 2 aromatic carbocycles. The van der Waals surface area contributed by atoms with Crippen molar-refractivity contribution in [2.45, 2.75) is 0 Å². The quantitative estimate of drug-likeness (QED) is 0.622. The largest absolute Gasteiger partial charge is 0.494 e. The lowest BCUT2D eigenvalue weighted by Crippen LogP contribution is -1.94. The Labute approximate surface area is 154 Å². The molecule has 0 fully saturated rings. The van der Waals surface area contributed by atoms with E-state index in [1.807, 2.05) is 11.6 Å². The molecular formula is C18H15Cl2FN2O2. The third kappa shape index (κ3) is 3.17. The first-order chi connectivity index (χ1) is 12.0. The minimum Gasteiger partial charge on any atom is -0.494 e. The lowest BCUT2D eigenvalue weighted by molar-refractivity contribution is 0.386. The predicted octanol–water partition coefficient (Wildman–Crippen LogP) is 5.22. The molecule has 1 aromatic heterocycles. The van der Waals surface area contributed by atoms with Crippen LogP contribution in [-0.4, -0.2) is 23.8 Å². The summed E-state index contributed by atoms with van der Waals surface area (Å²) in [5.41, 5.74) is 2.75. The van der Waals surface area contributed by atoms with E-state index in [1.165, 1.54) is 20.3 Å². The van der Waals surface area contributed by atoms with Crippen LogP contribution in [0.15, 0.2) is 36.7 Å². The molecule has 3 rings (SSSR count). The first-order valence-electron chi connectivity index (χ1n) is 7.35. The summed E-state index contributed by atoms with van der Waals surface area (Å²) in [7, 11) is 4.77. The summed E-state index contributed by atoms with van der Waals surface area (Å²) in [5, 5.41) is 0.774. The van der Waals surface area contributed by atoms with Crippen LogP contribution in [0.4, 0.5) is 4.39 Å². The molecule has 25 heavy (non-hydrogen) atoms. The Hall–Kier alpha value is -2.24. The fourth-order valence-corrected chi connectivity index (χ4v) is 3.33. The van der Waals surface area contributed by atoms with E-state index in [4.69, 9.17) is 32.7 Å². The van der Waals surface area contributed by atoms with Gasteiger partial charge in [0.25, 0.3) is 0 Å². The van der Waals surface area contributed by atoms with Gasteiger partial charge < -0.3 is 14.0 Å².